The van der Waals surface area contributed by atoms with Gasteiger partial charge in [-0.2, -0.15) is 0 Å². The van der Waals surface area contributed by atoms with Gasteiger partial charge in [0, 0.05) is 13.2 Å². The summed E-state index contributed by atoms with van der Waals surface area (Å²) in [6, 6.07) is -1.14. The molecule has 0 fully saturated rings. The monoisotopic (exact) mass is 200 g/mol. The largest absolute Gasteiger partial charge is 0.480 e. The van der Waals surface area contributed by atoms with Crippen LogP contribution in [0.1, 0.15) is 18.2 Å². The zero-order valence-corrected chi connectivity index (χ0v) is 7.50. The molecule has 1 heterocycles. The van der Waals surface area contributed by atoms with Crippen molar-refractivity contribution in [2.24, 2.45) is 5.73 Å². The van der Waals surface area contributed by atoms with Crippen LogP contribution in [0.15, 0.2) is 6.20 Å². The number of carboxylic acid groups (broad SMARTS) is 1. The van der Waals surface area contributed by atoms with Gasteiger partial charge in [0.2, 0.25) is 0 Å². The SMILES string of the molecule is NC(C(=O)O)c1cn(CCCO)nn1. The van der Waals surface area contributed by atoms with Gasteiger partial charge in [0.15, 0.2) is 0 Å². The molecule has 1 atom stereocenters. The number of nitrogens with two attached hydrogens (primary N) is 1. The first kappa shape index (κ1) is 10.6. The topological polar surface area (TPSA) is 114 Å². The summed E-state index contributed by atoms with van der Waals surface area (Å²) in [5.41, 5.74) is 5.53. The van der Waals surface area contributed by atoms with Crippen molar-refractivity contribution in [1.82, 2.24) is 15.0 Å². The molecule has 0 aliphatic heterocycles. The Balaban J connectivity index is 2.63. The minimum Gasteiger partial charge on any atom is -0.480 e. The van der Waals surface area contributed by atoms with Crippen LogP contribution < -0.4 is 5.73 Å². The molecule has 0 amide bonds. The number of carboxylic acids is 1. The lowest BCUT2D eigenvalue weighted by Gasteiger charge is -1.99. The Morgan fingerprint density at radius 2 is 2.43 bits per heavy atom. The van der Waals surface area contributed by atoms with Gasteiger partial charge in [-0.15, -0.1) is 5.10 Å². The van der Waals surface area contributed by atoms with Crippen molar-refractivity contribution in [2.45, 2.75) is 19.0 Å². The molecule has 0 aliphatic carbocycles. The van der Waals surface area contributed by atoms with Gasteiger partial charge in [0.05, 0.1) is 6.20 Å². The maximum absolute atomic E-state index is 10.5. The van der Waals surface area contributed by atoms with Crippen molar-refractivity contribution in [3.8, 4) is 0 Å². The van der Waals surface area contributed by atoms with Crippen molar-refractivity contribution in [3.05, 3.63) is 11.9 Å². The standard InChI is InChI=1S/C7H12N4O3/c8-6(7(13)14)5-4-11(10-9-5)2-1-3-12/h4,6,12H,1-3,8H2,(H,13,14). The minimum absolute atomic E-state index is 0.0557. The Kier molecular flexibility index (Phi) is 3.55. The van der Waals surface area contributed by atoms with Gasteiger partial charge in [0.25, 0.3) is 0 Å². The normalized spacial score (nSPS) is 12.7. The van der Waals surface area contributed by atoms with Gasteiger partial charge >= 0.3 is 5.97 Å². The number of hydrogen-bond acceptors (Lipinski definition) is 5. The predicted molar refractivity (Wildman–Crippen MR) is 46.3 cm³/mol. The van der Waals surface area contributed by atoms with Crippen LogP contribution in [-0.2, 0) is 11.3 Å². The van der Waals surface area contributed by atoms with E-state index in [-0.39, 0.29) is 12.3 Å². The summed E-state index contributed by atoms with van der Waals surface area (Å²) in [6.45, 7) is 0.552. The first-order chi connectivity index (χ1) is 6.65. The lowest BCUT2D eigenvalue weighted by molar-refractivity contribution is -0.138. The lowest BCUT2D eigenvalue weighted by Crippen LogP contribution is -2.20. The van der Waals surface area contributed by atoms with Crippen LogP contribution >= 0.6 is 0 Å². The third-order valence-electron chi connectivity index (χ3n) is 1.69. The van der Waals surface area contributed by atoms with Crippen LogP contribution in [0, 0.1) is 0 Å². The van der Waals surface area contributed by atoms with Crippen LogP contribution in [0.3, 0.4) is 0 Å². The summed E-state index contributed by atoms with van der Waals surface area (Å²) in [5, 5.41) is 24.4. The number of carbonyl (C=O) groups is 1. The fourth-order valence-corrected chi connectivity index (χ4v) is 0.924. The summed E-state index contributed by atoms with van der Waals surface area (Å²) in [7, 11) is 0. The summed E-state index contributed by atoms with van der Waals surface area (Å²) in [5.74, 6) is -1.14. The second-order valence-corrected chi connectivity index (χ2v) is 2.80. The van der Waals surface area contributed by atoms with Gasteiger partial charge in [-0.1, -0.05) is 5.21 Å². The minimum atomic E-state index is -1.14. The van der Waals surface area contributed by atoms with Gasteiger partial charge in [-0.25, -0.2) is 0 Å². The number of hydrogen-bond donors (Lipinski definition) is 3. The molecule has 0 saturated heterocycles. The highest BCUT2D eigenvalue weighted by atomic mass is 16.4. The number of aromatic nitrogens is 3. The molecule has 78 valence electrons. The second-order valence-electron chi connectivity index (χ2n) is 2.80. The quantitative estimate of drug-likeness (QED) is 0.546. The number of aliphatic carboxylic acids is 1. The third kappa shape index (κ3) is 2.51. The van der Waals surface area contributed by atoms with Crippen molar-refractivity contribution >= 4 is 5.97 Å². The molecule has 1 unspecified atom stereocenters. The van der Waals surface area contributed by atoms with E-state index in [1.807, 2.05) is 0 Å². The molecule has 14 heavy (non-hydrogen) atoms. The van der Waals surface area contributed by atoms with E-state index in [0.29, 0.717) is 13.0 Å². The Hall–Kier alpha value is -1.47. The molecule has 1 aromatic heterocycles. The fourth-order valence-electron chi connectivity index (χ4n) is 0.924. The van der Waals surface area contributed by atoms with Crippen molar-refractivity contribution < 1.29 is 15.0 Å². The summed E-state index contributed by atoms with van der Waals surface area (Å²) < 4.78 is 1.45. The maximum atomic E-state index is 10.5. The molecule has 4 N–H and O–H groups in total. The Labute approximate surface area is 80.1 Å². The molecule has 0 saturated carbocycles. The summed E-state index contributed by atoms with van der Waals surface area (Å²) in [4.78, 5) is 10.5. The maximum Gasteiger partial charge on any atom is 0.326 e. The number of aryl methyl sites for hydroxylation is 1. The Morgan fingerprint density at radius 1 is 1.71 bits per heavy atom. The Morgan fingerprint density at radius 3 is 3.00 bits per heavy atom. The number of aliphatic hydroxyl groups is 1. The first-order valence-corrected chi connectivity index (χ1v) is 4.14. The Bertz CT molecular complexity index is 312. The summed E-state index contributed by atoms with van der Waals surface area (Å²) in [6.07, 6.45) is 2.01. The van der Waals surface area contributed by atoms with Gasteiger partial charge in [-0.3, -0.25) is 9.48 Å². The van der Waals surface area contributed by atoms with E-state index in [9.17, 15) is 4.79 Å². The first-order valence-electron chi connectivity index (χ1n) is 4.14. The highest BCUT2D eigenvalue weighted by molar-refractivity contribution is 5.74. The van der Waals surface area contributed by atoms with Crippen molar-refractivity contribution in [1.29, 1.82) is 0 Å². The number of rotatable bonds is 5. The second kappa shape index (κ2) is 4.68. The van der Waals surface area contributed by atoms with E-state index in [1.54, 1.807) is 0 Å². The van der Waals surface area contributed by atoms with E-state index in [4.69, 9.17) is 15.9 Å². The van der Waals surface area contributed by atoms with E-state index in [1.165, 1.54) is 10.9 Å². The molecule has 7 heteroatoms. The number of aliphatic hydroxyl groups excluding tert-OH is 1. The molecule has 0 bridgehead atoms. The van der Waals surface area contributed by atoms with Gasteiger partial charge < -0.3 is 15.9 Å². The average molecular weight is 200 g/mol. The van der Waals surface area contributed by atoms with Crippen molar-refractivity contribution in [3.63, 3.8) is 0 Å². The van der Waals surface area contributed by atoms with Gasteiger partial charge in [-0.05, 0) is 6.42 Å². The predicted octanol–water partition coefficient (Wildman–Crippen LogP) is -1.26. The van der Waals surface area contributed by atoms with Crippen LogP contribution in [0.4, 0.5) is 0 Å². The molecule has 0 spiro atoms. The molecular formula is C7H12N4O3. The third-order valence-corrected chi connectivity index (χ3v) is 1.69. The average Bonchev–Trinajstić information content (AvgIpc) is 2.61. The van der Waals surface area contributed by atoms with Crippen LogP contribution in [0.5, 0.6) is 0 Å². The fraction of sp³-hybridized carbons (Fsp3) is 0.571. The van der Waals surface area contributed by atoms with E-state index >= 15 is 0 Å². The smallest absolute Gasteiger partial charge is 0.326 e. The van der Waals surface area contributed by atoms with Crippen LogP contribution in [0.25, 0.3) is 0 Å². The highest BCUT2D eigenvalue weighted by Gasteiger charge is 2.17. The van der Waals surface area contributed by atoms with E-state index < -0.39 is 12.0 Å². The van der Waals surface area contributed by atoms with Crippen LogP contribution in [-0.4, -0.2) is 37.8 Å². The zero-order chi connectivity index (χ0) is 10.6. The zero-order valence-electron chi connectivity index (χ0n) is 7.50. The van der Waals surface area contributed by atoms with Crippen LogP contribution in [0.2, 0.25) is 0 Å². The highest BCUT2D eigenvalue weighted by Crippen LogP contribution is 2.05. The molecule has 0 aliphatic rings. The van der Waals surface area contributed by atoms with E-state index in [0.717, 1.165) is 0 Å². The van der Waals surface area contributed by atoms with E-state index in [2.05, 4.69) is 10.3 Å². The molecule has 7 nitrogen and oxygen atoms in total. The summed E-state index contributed by atoms with van der Waals surface area (Å²) >= 11 is 0. The molecule has 1 aromatic rings. The lowest BCUT2D eigenvalue weighted by atomic mass is 10.2. The molecule has 1 rings (SSSR count). The number of nitrogens with zero attached hydrogens (tertiary/aromatic N) is 3. The van der Waals surface area contributed by atoms with Gasteiger partial charge in [0.1, 0.15) is 11.7 Å². The molecule has 0 aromatic carbocycles. The molecular weight excluding hydrogens is 188 g/mol. The molecule has 0 radical (unpaired) electrons. The van der Waals surface area contributed by atoms with Crippen molar-refractivity contribution in [2.75, 3.05) is 6.61 Å².